The third-order valence-electron chi connectivity index (χ3n) is 5.27. The lowest BCUT2D eigenvalue weighted by Crippen LogP contribution is -2.50. The van der Waals surface area contributed by atoms with Crippen LogP contribution in [0.2, 0.25) is 0 Å². The van der Waals surface area contributed by atoms with Gasteiger partial charge in [0.25, 0.3) is 11.8 Å². The summed E-state index contributed by atoms with van der Waals surface area (Å²) in [6, 6.07) is 6.16. The average molecular weight is 446 g/mol. The Balaban J connectivity index is 1.93. The van der Waals surface area contributed by atoms with Crippen LogP contribution in [0.15, 0.2) is 24.3 Å². The van der Waals surface area contributed by atoms with E-state index >= 15 is 0 Å². The number of aromatic nitrogens is 1. The van der Waals surface area contributed by atoms with Gasteiger partial charge < -0.3 is 21.5 Å². The maximum absolute atomic E-state index is 13.4. The SMILES string of the molecule is CCOc1ccc(N(C(=O)c2snc(C(N)=O)c2N)C(C)C(=O)NC2CCCC2)cc1. The fourth-order valence-corrected chi connectivity index (χ4v) is 4.38. The number of carbonyl (C=O) groups is 3. The summed E-state index contributed by atoms with van der Waals surface area (Å²) in [7, 11) is 0. The number of amides is 3. The zero-order chi connectivity index (χ0) is 22.5. The van der Waals surface area contributed by atoms with Crippen LogP contribution in [0.5, 0.6) is 5.75 Å². The van der Waals surface area contributed by atoms with E-state index in [9.17, 15) is 14.4 Å². The summed E-state index contributed by atoms with van der Waals surface area (Å²) in [5, 5.41) is 3.03. The maximum atomic E-state index is 13.4. The van der Waals surface area contributed by atoms with E-state index in [0.717, 1.165) is 37.2 Å². The predicted molar refractivity (Wildman–Crippen MR) is 119 cm³/mol. The number of rotatable bonds is 8. The minimum absolute atomic E-state index is 0.0585. The first-order chi connectivity index (χ1) is 14.8. The number of carbonyl (C=O) groups excluding carboxylic acids is 3. The van der Waals surface area contributed by atoms with Crippen molar-refractivity contribution in [1.29, 1.82) is 0 Å². The van der Waals surface area contributed by atoms with Crippen LogP contribution in [0.4, 0.5) is 11.4 Å². The molecule has 0 aliphatic heterocycles. The zero-order valence-corrected chi connectivity index (χ0v) is 18.4. The molecule has 0 spiro atoms. The normalized spacial score (nSPS) is 14.8. The second kappa shape index (κ2) is 9.78. The van der Waals surface area contributed by atoms with Gasteiger partial charge in [0.2, 0.25) is 5.91 Å². The maximum Gasteiger partial charge on any atom is 0.272 e. The smallest absolute Gasteiger partial charge is 0.272 e. The highest BCUT2D eigenvalue weighted by Gasteiger charge is 2.33. The van der Waals surface area contributed by atoms with Crippen LogP contribution in [-0.2, 0) is 4.79 Å². The van der Waals surface area contributed by atoms with Crippen molar-refractivity contribution in [2.75, 3.05) is 17.2 Å². The van der Waals surface area contributed by atoms with Gasteiger partial charge >= 0.3 is 0 Å². The highest BCUT2D eigenvalue weighted by Crippen LogP contribution is 2.29. The van der Waals surface area contributed by atoms with Crippen LogP contribution in [0.25, 0.3) is 0 Å². The molecule has 0 bridgehead atoms. The van der Waals surface area contributed by atoms with Gasteiger partial charge in [-0.15, -0.1) is 0 Å². The molecule has 2 aromatic rings. The molecular weight excluding hydrogens is 418 g/mol. The molecule has 1 atom stereocenters. The van der Waals surface area contributed by atoms with E-state index in [1.54, 1.807) is 31.2 Å². The molecule has 5 N–H and O–H groups in total. The average Bonchev–Trinajstić information content (AvgIpc) is 3.39. The van der Waals surface area contributed by atoms with Gasteiger partial charge in [-0.3, -0.25) is 19.3 Å². The Bertz CT molecular complexity index is 953. The molecule has 1 heterocycles. The van der Waals surface area contributed by atoms with Gasteiger partial charge in [0, 0.05) is 11.7 Å². The molecular formula is C21H27N5O4S. The highest BCUT2D eigenvalue weighted by molar-refractivity contribution is 7.09. The van der Waals surface area contributed by atoms with Crippen molar-refractivity contribution < 1.29 is 19.1 Å². The first-order valence-electron chi connectivity index (χ1n) is 10.2. The summed E-state index contributed by atoms with van der Waals surface area (Å²) < 4.78 is 9.38. The van der Waals surface area contributed by atoms with Crippen LogP contribution in [-0.4, -0.2) is 40.8 Å². The Morgan fingerprint density at radius 2 is 1.90 bits per heavy atom. The molecule has 0 radical (unpaired) electrons. The molecule has 9 nitrogen and oxygen atoms in total. The zero-order valence-electron chi connectivity index (χ0n) is 17.6. The molecule has 3 amide bonds. The Morgan fingerprint density at radius 1 is 1.26 bits per heavy atom. The molecule has 1 aliphatic rings. The lowest BCUT2D eigenvalue weighted by atomic mass is 10.1. The van der Waals surface area contributed by atoms with Crippen molar-refractivity contribution in [3.8, 4) is 5.75 Å². The largest absolute Gasteiger partial charge is 0.494 e. The summed E-state index contributed by atoms with van der Waals surface area (Å²) in [6.07, 6.45) is 4.01. The Hall–Kier alpha value is -3.14. The molecule has 1 fully saturated rings. The first kappa shape index (κ1) is 22.5. The van der Waals surface area contributed by atoms with Crippen molar-refractivity contribution in [3.63, 3.8) is 0 Å². The molecule has 1 aromatic heterocycles. The number of hydrogen-bond acceptors (Lipinski definition) is 7. The van der Waals surface area contributed by atoms with E-state index in [4.69, 9.17) is 16.2 Å². The number of anilines is 2. The molecule has 31 heavy (non-hydrogen) atoms. The van der Waals surface area contributed by atoms with Crippen molar-refractivity contribution in [1.82, 2.24) is 9.69 Å². The third kappa shape index (κ3) is 4.96. The van der Waals surface area contributed by atoms with Gasteiger partial charge in [-0.1, -0.05) is 12.8 Å². The van der Waals surface area contributed by atoms with Crippen LogP contribution >= 0.6 is 11.5 Å². The molecule has 0 saturated heterocycles. The second-order valence-electron chi connectivity index (χ2n) is 7.41. The fraction of sp³-hybridized carbons (Fsp3) is 0.429. The molecule has 1 saturated carbocycles. The van der Waals surface area contributed by atoms with Gasteiger partial charge in [0.15, 0.2) is 5.69 Å². The van der Waals surface area contributed by atoms with Gasteiger partial charge in [-0.2, -0.15) is 4.37 Å². The monoisotopic (exact) mass is 445 g/mol. The standard InChI is InChI=1S/C21H27N5O4S/c1-3-30-15-10-8-14(9-11-15)26(12(2)20(28)24-13-6-4-5-7-13)21(29)18-16(22)17(19(23)27)25-31-18/h8-13H,3-7,22H2,1-2H3,(H2,23,27)(H,24,28). The summed E-state index contributed by atoms with van der Waals surface area (Å²) >= 11 is 0.785. The number of nitrogens with two attached hydrogens (primary N) is 2. The van der Waals surface area contributed by atoms with E-state index in [1.807, 2.05) is 6.92 Å². The predicted octanol–water partition coefficient (Wildman–Crippen LogP) is 2.32. The molecule has 10 heteroatoms. The van der Waals surface area contributed by atoms with Crippen molar-refractivity contribution >= 4 is 40.6 Å². The summed E-state index contributed by atoms with van der Waals surface area (Å²) in [5.74, 6) is -0.949. The number of hydrogen-bond donors (Lipinski definition) is 3. The number of primary amides is 1. The Morgan fingerprint density at radius 3 is 2.45 bits per heavy atom. The summed E-state index contributed by atoms with van der Waals surface area (Å²) in [6.45, 7) is 4.04. The van der Waals surface area contributed by atoms with Gasteiger partial charge in [-0.05, 0) is 62.5 Å². The summed E-state index contributed by atoms with van der Waals surface area (Å²) in [4.78, 5) is 39.3. The van der Waals surface area contributed by atoms with E-state index < -0.39 is 17.9 Å². The van der Waals surface area contributed by atoms with E-state index in [1.165, 1.54) is 4.90 Å². The molecule has 1 unspecified atom stereocenters. The molecule has 1 aliphatic carbocycles. The van der Waals surface area contributed by atoms with Gasteiger partial charge in [0.05, 0.1) is 12.3 Å². The topological polar surface area (TPSA) is 141 Å². The third-order valence-corrected chi connectivity index (χ3v) is 6.12. The number of ether oxygens (including phenoxy) is 1. The van der Waals surface area contributed by atoms with Gasteiger partial charge in [0.1, 0.15) is 16.7 Å². The minimum atomic E-state index is -0.815. The summed E-state index contributed by atoms with van der Waals surface area (Å²) in [5.41, 5.74) is 11.5. The van der Waals surface area contributed by atoms with Crippen LogP contribution in [0, 0.1) is 0 Å². The van der Waals surface area contributed by atoms with Crippen molar-refractivity contribution in [3.05, 3.63) is 34.8 Å². The van der Waals surface area contributed by atoms with E-state index in [2.05, 4.69) is 9.69 Å². The number of nitrogen functional groups attached to an aromatic ring is 1. The fourth-order valence-electron chi connectivity index (χ4n) is 3.63. The van der Waals surface area contributed by atoms with Crippen molar-refractivity contribution in [2.45, 2.75) is 51.6 Å². The number of nitrogens with one attached hydrogen (secondary N) is 1. The first-order valence-corrected chi connectivity index (χ1v) is 11.0. The minimum Gasteiger partial charge on any atom is -0.494 e. The van der Waals surface area contributed by atoms with Crippen molar-refractivity contribution in [2.24, 2.45) is 5.73 Å². The van der Waals surface area contributed by atoms with E-state index in [-0.39, 0.29) is 28.2 Å². The number of benzene rings is 1. The van der Waals surface area contributed by atoms with Crippen LogP contribution in [0.1, 0.15) is 59.7 Å². The molecule has 166 valence electrons. The molecule has 3 rings (SSSR count). The highest BCUT2D eigenvalue weighted by atomic mass is 32.1. The number of nitrogens with zero attached hydrogens (tertiary/aromatic N) is 2. The Kier molecular flexibility index (Phi) is 7.11. The quantitative estimate of drug-likeness (QED) is 0.569. The van der Waals surface area contributed by atoms with Crippen LogP contribution < -0.4 is 26.4 Å². The van der Waals surface area contributed by atoms with Crippen LogP contribution in [0.3, 0.4) is 0 Å². The lowest BCUT2D eigenvalue weighted by molar-refractivity contribution is -0.122. The second-order valence-corrected chi connectivity index (χ2v) is 8.18. The van der Waals surface area contributed by atoms with E-state index in [0.29, 0.717) is 18.0 Å². The molecule has 1 aromatic carbocycles. The Labute approximate surface area is 184 Å². The van der Waals surface area contributed by atoms with Gasteiger partial charge in [-0.25, -0.2) is 0 Å². The lowest BCUT2D eigenvalue weighted by Gasteiger charge is -2.29.